The van der Waals surface area contributed by atoms with E-state index < -0.39 is 46.2 Å². The van der Waals surface area contributed by atoms with Crippen molar-refractivity contribution in [2.45, 2.75) is 57.1 Å². The Labute approximate surface area is 257 Å². The molecule has 1 N–H and O–H groups in total. The summed E-state index contributed by atoms with van der Waals surface area (Å²) in [6.07, 6.45) is -0.393. The summed E-state index contributed by atoms with van der Waals surface area (Å²) in [5.74, 6) is -1.73. The van der Waals surface area contributed by atoms with E-state index >= 15 is 0 Å². The van der Waals surface area contributed by atoms with Crippen LogP contribution in [0, 0.1) is 18.7 Å². The molecule has 232 valence electrons. The lowest BCUT2D eigenvalue weighted by molar-refractivity contribution is -0.127. The van der Waals surface area contributed by atoms with Crippen molar-refractivity contribution in [3.05, 3.63) is 88.7 Å². The minimum Gasteiger partial charge on any atom is -0.444 e. The normalized spacial score (nSPS) is 13.3. The second-order valence-corrected chi connectivity index (χ2v) is 13.3. The Kier molecular flexibility index (Phi) is 11.9. The molecule has 0 fully saturated rings. The highest BCUT2D eigenvalue weighted by Crippen LogP contribution is 2.27. The molecule has 1 amide bonds. The van der Waals surface area contributed by atoms with Crippen molar-refractivity contribution < 1.29 is 36.1 Å². The molecule has 0 bridgehead atoms. The number of Topliss-reactive ketones (excluding diaryl/α,β-unsaturated/α-hetero) is 1. The molecule has 0 aromatic heterocycles. The standard InChI is InChI=1S/C32H37ClFNO7S/c1-21-6-13-27(14-7-21)43(38,39)41-19-24(30(36)20-40-5)17-26(35-31(37)42-32(2,3)4)16-22-8-10-23(11-9-22)28-18-25(33)12-15-29(28)34/h6-15,18,24,26H,16-17,19-20H2,1-5H3,(H,35,37)/t24-,26+/m0/s1. The van der Waals surface area contributed by atoms with E-state index in [1.807, 2.05) is 6.92 Å². The lowest BCUT2D eigenvalue weighted by Crippen LogP contribution is -2.43. The minimum atomic E-state index is -4.15. The van der Waals surface area contributed by atoms with E-state index in [1.54, 1.807) is 57.2 Å². The number of amides is 1. The van der Waals surface area contributed by atoms with Crippen LogP contribution in [0.15, 0.2) is 71.6 Å². The third-order valence-electron chi connectivity index (χ3n) is 6.44. The predicted molar refractivity (Wildman–Crippen MR) is 163 cm³/mol. The highest BCUT2D eigenvalue weighted by molar-refractivity contribution is 7.86. The summed E-state index contributed by atoms with van der Waals surface area (Å²) >= 11 is 6.05. The summed E-state index contributed by atoms with van der Waals surface area (Å²) in [6, 6.07) is 16.9. The van der Waals surface area contributed by atoms with Gasteiger partial charge in [0.15, 0.2) is 5.78 Å². The quantitative estimate of drug-likeness (QED) is 0.214. The van der Waals surface area contributed by atoms with Crippen LogP contribution in [0.25, 0.3) is 11.1 Å². The number of methoxy groups -OCH3 is 1. The molecule has 0 aliphatic rings. The van der Waals surface area contributed by atoms with E-state index in [4.69, 9.17) is 25.3 Å². The zero-order valence-electron chi connectivity index (χ0n) is 24.9. The first-order chi connectivity index (χ1) is 20.2. The average molecular weight is 634 g/mol. The Morgan fingerprint density at radius 2 is 1.65 bits per heavy atom. The molecule has 3 rings (SSSR count). The Bertz CT molecular complexity index is 1500. The van der Waals surface area contributed by atoms with E-state index in [1.165, 1.54) is 37.4 Å². The summed E-state index contributed by atoms with van der Waals surface area (Å²) in [4.78, 5) is 25.7. The molecule has 0 radical (unpaired) electrons. The van der Waals surface area contributed by atoms with Gasteiger partial charge in [0, 0.05) is 29.7 Å². The Balaban J connectivity index is 1.84. The number of hydrogen-bond acceptors (Lipinski definition) is 7. The summed E-state index contributed by atoms with van der Waals surface area (Å²) in [6.45, 7) is 6.30. The summed E-state index contributed by atoms with van der Waals surface area (Å²) in [5.41, 5.74) is 1.85. The molecule has 0 aliphatic heterocycles. The number of nitrogens with one attached hydrogen (secondary N) is 1. The lowest BCUT2D eigenvalue weighted by Gasteiger charge is -2.26. The fourth-order valence-corrected chi connectivity index (χ4v) is 5.45. The van der Waals surface area contributed by atoms with Crippen LogP contribution in [-0.2, 0) is 35.0 Å². The van der Waals surface area contributed by atoms with Gasteiger partial charge in [0.25, 0.3) is 10.1 Å². The summed E-state index contributed by atoms with van der Waals surface area (Å²) < 4.78 is 55.9. The third kappa shape index (κ3) is 10.7. The number of alkyl carbamates (subject to hydrolysis) is 1. The van der Waals surface area contributed by atoms with E-state index in [-0.39, 0.29) is 30.1 Å². The van der Waals surface area contributed by atoms with Gasteiger partial charge in [0.1, 0.15) is 18.0 Å². The topological polar surface area (TPSA) is 108 Å². The van der Waals surface area contributed by atoms with E-state index in [9.17, 15) is 22.4 Å². The SMILES string of the molecule is COCC(=O)[C@H](COS(=O)(=O)c1ccc(C)cc1)C[C@@H](Cc1ccc(-c2cc(Cl)ccc2F)cc1)NC(=O)OC(C)(C)C. The second-order valence-electron chi connectivity index (χ2n) is 11.3. The number of ether oxygens (including phenoxy) is 2. The van der Waals surface area contributed by atoms with Gasteiger partial charge < -0.3 is 14.8 Å². The van der Waals surface area contributed by atoms with Gasteiger partial charge in [-0.15, -0.1) is 0 Å². The van der Waals surface area contributed by atoms with Gasteiger partial charge in [-0.25, -0.2) is 9.18 Å². The zero-order valence-corrected chi connectivity index (χ0v) is 26.4. The van der Waals surface area contributed by atoms with Gasteiger partial charge >= 0.3 is 6.09 Å². The van der Waals surface area contributed by atoms with Crippen LogP contribution in [0.3, 0.4) is 0 Å². The molecule has 2 atom stereocenters. The Morgan fingerprint density at radius 1 is 1.00 bits per heavy atom. The number of carbonyl (C=O) groups is 2. The largest absolute Gasteiger partial charge is 0.444 e. The molecule has 0 saturated heterocycles. The molecule has 43 heavy (non-hydrogen) atoms. The zero-order chi connectivity index (χ0) is 31.8. The first kappa shape index (κ1) is 34.2. The second kappa shape index (κ2) is 14.9. The highest BCUT2D eigenvalue weighted by atomic mass is 35.5. The van der Waals surface area contributed by atoms with Crippen molar-refractivity contribution in [2.75, 3.05) is 20.3 Å². The maximum atomic E-state index is 14.4. The van der Waals surface area contributed by atoms with Crippen molar-refractivity contribution >= 4 is 33.6 Å². The van der Waals surface area contributed by atoms with Crippen LogP contribution in [0.1, 0.15) is 38.3 Å². The predicted octanol–water partition coefficient (Wildman–Crippen LogP) is 6.52. The van der Waals surface area contributed by atoms with Crippen LogP contribution in [0.5, 0.6) is 0 Å². The third-order valence-corrected chi connectivity index (χ3v) is 7.97. The van der Waals surface area contributed by atoms with Crippen molar-refractivity contribution in [3.63, 3.8) is 0 Å². The molecule has 0 heterocycles. The van der Waals surface area contributed by atoms with Crippen LogP contribution < -0.4 is 5.32 Å². The number of halogens is 2. The van der Waals surface area contributed by atoms with Crippen LogP contribution in [0.2, 0.25) is 5.02 Å². The van der Waals surface area contributed by atoms with Gasteiger partial charge in [-0.1, -0.05) is 53.6 Å². The molecule has 3 aromatic carbocycles. The van der Waals surface area contributed by atoms with Gasteiger partial charge in [-0.05, 0) is 82.0 Å². The fourth-order valence-electron chi connectivity index (χ4n) is 4.33. The molecule has 8 nitrogen and oxygen atoms in total. The molecular formula is C32H37ClFNO7S. The number of aryl methyl sites for hydroxylation is 1. The fraction of sp³-hybridized carbons (Fsp3) is 0.375. The number of benzene rings is 3. The molecule has 0 unspecified atom stereocenters. The van der Waals surface area contributed by atoms with Gasteiger partial charge in [0.05, 0.1) is 11.5 Å². The summed E-state index contributed by atoms with van der Waals surface area (Å²) in [5, 5.41) is 3.21. The van der Waals surface area contributed by atoms with Crippen molar-refractivity contribution in [1.82, 2.24) is 5.32 Å². The van der Waals surface area contributed by atoms with Gasteiger partial charge in [-0.3, -0.25) is 8.98 Å². The molecule has 0 saturated carbocycles. The average Bonchev–Trinajstić information content (AvgIpc) is 2.92. The number of rotatable bonds is 13. The van der Waals surface area contributed by atoms with Crippen LogP contribution >= 0.6 is 11.6 Å². The van der Waals surface area contributed by atoms with Crippen molar-refractivity contribution in [2.24, 2.45) is 5.92 Å². The van der Waals surface area contributed by atoms with Gasteiger partial charge in [0.2, 0.25) is 0 Å². The van der Waals surface area contributed by atoms with Crippen molar-refractivity contribution in [1.29, 1.82) is 0 Å². The Hall–Kier alpha value is -3.31. The van der Waals surface area contributed by atoms with E-state index in [0.717, 1.165) is 11.1 Å². The molecule has 0 spiro atoms. The molecular weight excluding hydrogens is 597 g/mol. The molecule has 3 aromatic rings. The maximum Gasteiger partial charge on any atom is 0.407 e. The van der Waals surface area contributed by atoms with Crippen molar-refractivity contribution in [3.8, 4) is 11.1 Å². The Morgan fingerprint density at radius 3 is 2.26 bits per heavy atom. The number of ketones is 1. The maximum absolute atomic E-state index is 14.4. The van der Waals surface area contributed by atoms with Crippen LogP contribution in [-0.4, -0.2) is 52.3 Å². The smallest absolute Gasteiger partial charge is 0.407 e. The van der Waals surface area contributed by atoms with E-state index in [2.05, 4.69) is 5.32 Å². The first-order valence-electron chi connectivity index (χ1n) is 13.7. The number of hydrogen-bond donors (Lipinski definition) is 1. The van der Waals surface area contributed by atoms with Crippen LogP contribution in [0.4, 0.5) is 9.18 Å². The first-order valence-corrected chi connectivity index (χ1v) is 15.5. The molecule has 0 aliphatic carbocycles. The van der Waals surface area contributed by atoms with E-state index in [0.29, 0.717) is 16.1 Å². The lowest BCUT2D eigenvalue weighted by atomic mass is 9.92. The highest BCUT2D eigenvalue weighted by Gasteiger charge is 2.29. The minimum absolute atomic E-state index is 0.0318. The number of carbonyl (C=O) groups excluding carboxylic acids is 2. The van der Waals surface area contributed by atoms with Gasteiger partial charge in [-0.2, -0.15) is 8.42 Å². The monoisotopic (exact) mass is 633 g/mol. The molecule has 11 heteroatoms. The summed E-state index contributed by atoms with van der Waals surface area (Å²) in [7, 11) is -2.78.